The zero-order valence-electron chi connectivity index (χ0n) is 17.7. The maximum atomic E-state index is 5.12. The fraction of sp³-hybridized carbons (Fsp3) is 0.565. The molecule has 29 heavy (non-hydrogen) atoms. The van der Waals surface area contributed by atoms with E-state index in [1.54, 1.807) is 7.11 Å². The van der Waals surface area contributed by atoms with Gasteiger partial charge < -0.3 is 20.3 Å². The second-order valence-electron chi connectivity index (χ2n) is 8.38. The molecule has 1 aliphatic heterocycles. The van der Waals surface area contributed by atoms with E-state index in [1.165, 1.54) is 29.5 Å². The van der Waals surface area contributed by atoms with E-state index in [-0.39, 0.29) is 0 Å². The number of rotatable bonds is 7. The minimum absolute atomic E-state index is 0.449. The fourth-order valence-electron chi connectivity index (χ4n) is 4.43. The lowest BCUT2D eigenvalue weighted by atomic mass is 9.91. The van der Waals surface area contributed by atoms with Gasteiger partial charge in [0.1, 0.15) is 0 Å². The number of aromatic nitrogens is 2. The van der Waals surface area contributed by atoms with Gasteiger partial charge in [0.2, 0.25) is 5.95 Å². The summed E-state index contributed by atoms with van der Waals surface area (Å²) in [6, 6.07) is 9.83. The molecule has 2 aliphatic rings. The summed E-state index contributed by atoms with van der Waals surface area (Å²) in [5.74, 6) is 0.746. The molecule has 0 bridgehead atoms. The van der Waals surface area contributed by atoms with Gasteiger partial charge in [0, 0.05) is 50.6 Å². The van der Waals surface area contributed by atoms with Crippen molar-refractivity contribution in [3.05, 3.63) is 41.6 Å². The van der Waals surface area contributed by atoms with Crippen LogP contribution in [0.2, 0.25) is 0 Å². The highest BCUT2D eigenvalue weighted by Gasteiger charge is 2.21. The number of hydrogen-bond acceptors (Lipinski definition) is 6. The van der Waals surface area contributed by atoms with Gasteiger partial charge in [-0.1, -0.05) is 12.1 Å². The lowest BCUT2D eigenvalue weighted by molar-refractivity contribution is 0.191. The molecule has 6 heteroatoms. The van der Waals surface area contributed by atoms with E-state index in [0.717, 1.165) is 57.1 Å². The largest absolute Gasteiger partial charge is 0.383 e. The van der Waals surface area contributed by atoms with Crippen LogP contribution in [0.3, 0.4) is 0 Å². The van der Waals surface area contributed by atoms with Crippen molar-refractivity contribution < 1.29 is 4.74 Å². The van der Waals surface area contributed by atoms with Crippen LogP contribution in [0, 0.1) is 0 Å². The molecule has 0 saturated heterocycles. The molecule has 1 aliphatic carbocycles. The van der Waals surface area contributed by atoms with Crippen LogP contribution in [-0.2, 0) is 17.7 Å². The first-order chi connectivity index (χ1) is 14.2. The molecule has 0 spiro atoms. The molecular weight excluding hydrogens is 362 g/mol. The summed E-state index contributed by atoms with van der Waals surface area (Å²) in [6.45, 7) is 3.87. The van der Waals surface area contributed by atoms with Crippen molar-refractivity contribution in [2.75, 3.05) is 39.2 Å². The highest BCUT2D eigenvalue weighted by atomic mass is 16.5. The Hall–Kier alpha value is -2.02. The minimum Gasteiger partial charge on any atom is -0.383 e. The topological polar surface area (TPSA) is 62.3 Å². The molecule has 1 fully saturated rings. The third-order valence-electron chi connectivity index (χ3n) is 6.16. The summed E-state index contributed by atoms with van der Waals surface area (Å²) in [5, 5.41) is 7.14. The third-order valence-corrected chi connectivity index (χ3v) is 6.16. The van der Waals surface area contributed by atoms with Crippen molar-refractivity contribution >= 4 is 5.95 Å². The standard InChI is InChI=1S/C23H33N5O/c1-28-13-10-17-15-18(3-4-19(17)16-28)22-9-11-25-23(27-22)26-21-7-5-20(6-8-21)24-12-14-29-2/h3-4,9,11,15,20-21,24H,5-8,10,12-14,16H2,1-2H3,(H,25,26,27). The van der Waals surface area contributed by atoms with Gasteiger partial charge in [0.15, 0.2) is 0 Å². The first-order valence-electron chi connectivity index (χ1n) is 10.8. The van der Waals surface area contributed by atoms with Crippen molar-refractivity contribution in [3.63, 3.8) is 0 Å². The smallest absolute Gasteiger partial charge is 0.223 e. The van der Waals surface area contributed by atoms with Gasteiger partial charge in [0.05, 0.1) is 12.3 Å². The molecule has 0 amide bonds. The van der Waals surface area contributed by atoms with Crippen LogP contribution < -0.4 is 10.6 Å². The van der Waals surface area contributed by atoms with Crippen LogP contribution in [0.4, 0.5) is 5.95 Å². The van der Waals surface area contributed by atoms with Crippen molar-refractivity contribution in [2.24, 2.45) is 0 Å². The monoisotopic (exact) mass is 395 g/mol. The normalized spacial score (nSPS) is 22.3. The third kappa shape index (κ3) is 5.32. The highest BCUT2D eigenvalue weighted by molar-refractivity contribution is 5.62. The van der Waals surface area contributed by atoms with Crippen molar-refractivity contribution in [1.82, 2.24) is 20.2 Å². The van der Waals surface area contributed by atoms with Crippen LogP contribution in [0.25, 0.3) is 11.3 Å². The molecule has 6 nitrogen and oxygen atoms in total. The number of ether oxygens (including phenoxy) is 1. The van der Waals surface area contributed by atoms with E-state index in [0.29, 0.717) is 12.1 Å². The second-order valence-corrected chi connectivity index (χ2v) is 8.38. The Morgan fingerprint density at radius 3 is 2.76 bits per heavy atom. The van der Waals surface area contributed by atoms with Crippen molar-refractivity contribution in [1.29, 1.82) is 0 Å². The summed E-state index contributed by atoms with van der Waals surface area (Å²) in [7, 11) is 3.93. The molecule has 0 unspecified atom stereocenters. The van der Waals surface area contributed by atoms with Crippen LogP contribution >= 0.6 is 0 Å². The van der Waals surface area contributed by atoms with Crippen LogP contribution in [0.1, 0.15) is 36.8 Å². The lowest BCUT2D eigenvalue weighted by Gasteiger charge is -2.29. The number of hydrogen-bond donors (Lipinski definition) is 2. The van der Waals surface area contributed by atoms with Crippen LogP contribution in [-0.4, -0.2) is 60.8 Å². The Balaban J connectivity index is 1.36. The molecule has 0 radical (unpaired) electrons. The number of anilines is 1. The molecule has 1 aromatic carbocycles. The summed E-state index contributed by atoms with van der Waals surface area (Å²) < 4.78 is 5.12. The number of likely N-dealkylation sites (N-methyl/N-ethyl adjacent to an activating group) is 1. The Morgan fingerprint density at radius 2 is 1.93 bits per heavy atom. The predicted molar refractivity (Wildman–Crippen MR) is 117 cm³/mol. The lowest BCUT2D eigenvalue weighted by Crippen LogP contribution is -2.38. The van der Waals surface area contributed by atoms with Crippen LogP contribution in [0.15, 0.2) is 30.5 Å². The first kappa shape index (κ1) is 20.3. The second kappa shape index (κ2) is 9.65. The molecule has 1 aromatic heterocycles. The minimum atomic E-state index is 0.449. The molecule has 0 atom stereocenters. The Labute approximate surface area is 174 Å². The summed E-state index contributed by atoms with van der Waals surface area (Å²) >= 11 is 0. The first-order valence-corrected chi connectivity index (χ1v) is 10.8. The van der Waals surface area contributed by atoms with Gasteiger partial charge in [0.25, 0.3) is 0 Å². The molecule has 2 N–H and O–H groups in total. The molecule has 4 rings (SSSR count). The average Bonchev–Trinajstić information content (AvgIpc) is 2.75. The summed E-state index contributed by atoms with van der Waals surface area (Å²) in [4.78, 5) is 11.7. The van der Waals surface area contributed by atoms with Gasteiger partial charge >= 0.3 is 0 Å². The summed E-state index contributed by atoms with van der Waals surface area (Å²) in [6.07, 6.45) is 7.63. The Kier molecular flexibility index (Phi) is 6.74. The molecule has 1 saturated carbocycles. The van der Waals surface area contributed by atoms with Gasteiger partial charge in [-0.25, -0.2) is 9.97 Å². The number of methoxy groups -OCH3 is 1. The van der Waals surface area contributed by atoms with E-state index in [1.807, 2.05) is 12.3 Å². The predicted octanol–water partition coefficient (Wildman–Crippen LogP) is 3.09. The molecule has 2 heterocycles. The quantitative estimate of drug-likeness (QED) is 0.703. The zero-order valence-corrected chi connectivity index (χ0v) is 17.7. The SMILES string of the molecule is COCCNC1CCC(Nc2nccc(-c3ccc4c(c3)CCN(C)C4)n2)CC1. The Morgan fingerprint density at radius 1 is 1.10 bits per heavy atom. The maximum absolute atomic E-state index is 5.12. The van der Waals surface area contributed by atoms with Gasteiger partial charge in [-0.15, -0.1) is 0 Å². The average molecular weight is 396 g/mol. The van der Waals surface area contributed by atoms with Crippen LogP contribution in [0.5, 0.6) is 0 Å². The van der Waals surface area contributed by atoms with Crippen molar-refractivity contribution in [2.45, 2.75) is 50.7 Å². The fourth-order valence-corrected chi connectivity index (χ4v) is 4.43. The number of nitrogens with zero attached hydrogens (tertiary/aromatic N) is 3. The number of fused-ring (bicyclic) bond motifs is 1. The number of benzene rings is 1. The van der Waals surface area contributed by atoms with Gasteiger partial charge in [-0.05, 0) is 62.4 Å². The van der Waals surface area contributed by atoms with E-state index < -0.39 is 0 Å². The van der Waals surface area contributed by atoms with E-state index >= 15 is 0 Å². The van der Waals surface area contributed by atoms with E-state index in [2.05, 4.69) is 45.8 Å². The highest BCUT2D eigenvalue weighted by Crippen LogP contribution is 2.26. The number of nitrogens with one attached hydrogen (secondary N) is 2. The molecule has 156 valence electrons. The van der Waals surface area contributed by atoms with Crippen molar-refractivity contribution in [3.8, 4) is 11.3 Å². The molecular formula is C23H33N5O. The zero-order chi connectivity index (χ0) is 20.1. The van der Waals surface area contributed by atoms with E-state index in [9.17, 15) is 0 Å². The summed E-state index contributed by atoms with van der Waals surface area (Å²) in [5.41, 5.74) is 5.07. The van der Waals surface area contributed by atoms with Gasteiger partial charge in [-0.2, -0.15) is 0 Å². The molecule has 2 aromatic rings. The van der Waals surface area contributed by atoms with E-state index in [4.69, 9.17) is 9.72 Å². The van der Waals surface area contributed by atoms with Gasteiger partial charge in [-0.3, -0.25) is 0 Å². The Bertz CT molecular complexity index is 804. The maximum Gasteiger partial charge on any atom is 0.223 e.